The zero-order valence-electron chi connectivity index (χ0n) is 11.2. The van der Waals surface area contributed by atoms with Gasteiger partial charge in [0, 0.05) is 24.5 Å². The molecular formula is C14H13N5S. The zero-order valence-corrected chi connectivity index (χ0v) is 12.0. The van der Waals surface area contributed by atoms with Crippen molar-refractivity contribution in [1.82, 2.24) is 24.7 Å². The molecule has 3 rings (SSSR count). The van der Waals surface area contributed by atoms with Crippen molar-refractivity contribution >= 4 is 12.2 Å². The van der Waals surface area contributed by atoms with Crippen LogP contribution >= 0.6 is 12.2 Å². The Labute approximate surface area is 121 Å². The van der Waals surface area contributed by atoms with Gasteiger partial charge >= 0.3 is 0 Å². The first-order valence-electron chi connectivity index (χ1n) is 6.16. The first kappa shape index (κ1) is 12.7. The Morgan fingerprint density at radius 2 is 2.10 bits per heavy atom. The van der Waals surface area contributed by atoms with Gasteiger partial charge in [0.25, 0.3) is 0 Å². The summed E-state index contributed by atoms with van der Waals surface area (Å²) in [5.74, 6) is 0.667. The van der Waals surface area contributed by atoms with Gasteiger partial charge in [0.2, 0.25) is 0 Å². The van der Waals surface area contributed by atoms with Crippen molar-refractivity contribution in [3.8, 4) is 22.8 Å². The second-order valence-corrected chi connectivity index (χ2v) is 4.97. The molecule has 3 aromatic rings. The van der Waals surface area contributed by atoms with Crippen molar-refractivity contribution in [2.24, 2.45) is 7.05 Å². The third-order valence-electron chi connectivity index (χ3n) is 2.89. The topological polar surface area (TPSA) is 59.4 Å². The van der Waals surface area contributed by atoms with E-state index < -0.39 is 0 Å². The predicted octanol–water partition coefficient (Wildman–Crippen LogP) is 2.91. The van der Waals surface area contributed by atoms with E-state index in [4.69, 9.17) is 12.2 Å². The highest BCUT2D eigenvalue weighted by molar-refractivity contribution is 7.71. The van der Waals surface area contributed by atoms with Crippen LogP contribution in [0.4, 0.5) is 0 Å². The minimum Gasteiger partial charge on any atom is -0.338 e. The summed E-state index contributed by atoms with van der Waals surface area (Å²) in [4.78, 5) is 12.1. The average Bonchev–Trinajstić information content (AvgIpc) is 2.85. The average molecular weight is 283 g/mol. The molecule has 0 spiro atoms. The summed E-state index contributed by atoms with van der Waals surface area (Å²) in [6.07, 6.45) is 3.71. The van der Waals surface area contributed by atoms with E-state index in [9.17, 15) is 0 Å². The van der Waals surface area contributed by atoms with Gasteiger partial charge in [-0.3, -0.25) is 4.68 Å². The van der Waals surface area contributed by atoms with Crippen molar-refractivity contribution in [3.05, 3.63) is 47.0 Å². The molecule has 100 valence electrons. The maximum absolute atomic E-state index is 5.24. The lowest BCUT2D eigenvalue weighted by Crippen LogP contribution is -1.95. The summed E-state index contributed by atoms with van der Waals surface area (Å²) in [5.41, 5.74) is 3.57. The van der Waals surface area contributed by atoms with E-state index in [0.717, 1.165) is 22.6 Å². The molecule has 1 N–H and O–H groups in total. The summed E-state index contributed by atoms with van der Waals surface area (Å²) in [5, 5.41) is 4.17. The van der Waals surface area contributed by atoms with Gasteiger partial charge in [0.05, 0.1) is 11.9 Å². The molecule has 0 saturated heterocycles. The number of hydrogen-bond donors (Lipinski definition) is 1. The lowest BCUT2D eigenvalue weighted by Gasteiger charge is -2.04. The first-order chi connectivity index (χ1) is 9.61. The third-order valence-corrected chi connectivity index (χ3v) is 3.10. The monoisotopic (exact) mass is 283 g/mol. The van der Waals surface area contributed by atoms with Gasteiger partial charge in [-0.25, -0.2) is 9.97 Å². The van der Waals surface area contributed by atoms with E-state index in [0.29, 0.717) is 10.5 Å². The van der Waals surface area contributed by atoms with Gasteiger partial charge in [-0.1, -0.05) is 18.3 Å². The summed E-state index contributed by atoms with van der Waals surface area (Å²) >= 11 is 5.24. The van der Waals surface area contributed by atoms with Gasteiger partial charge in [-0.2, -0.15) is 5.10 Å². The number of nitrogens with one attached hydrogen (secondary N) is 1. The Morgan fingerprint density at radius 1 is 1.25 bits per heavy atom. The third kappa shape index (κ3) is 2.50. The van der Waals surface area contributed by atoms with E-state index >= 15 is 0 Å². The van der Waals surface area contributed by atoms with Crippen LogP contribution in [0.5, 0.6) is 0 Å². The Bertz CT molecular complexity index is 818. The van der Waals surface area contributed by atoms with Gasteiger partial charge in [0.15, 0.2) is 5.82 Å². The summed E-state index contributed by atoms with van der Waals surface area (Å²) in [6, 6.07) is 7.63. The molecule has 3 heterocycles. The fraction of sp³-hybridized carbons (Fsp3) is 0.143. The van der Waals surface area contributed by atoms with E-state index in [-0.39, 0.29) is 0 Å². The molecule has 0 aliphatic rings. The summed E-state index contributed by atoms with van der Waals surface area (Å²) in [6.45, 7) is 1.95. The Balaban J connectivity index is 2.14. The molecule has 20 heavy (non-hydrogen) atoms. The number of aromatic amines is 1. The van der Waals surface area contributed by atoms with E-state index in [1.807, 2.05) is 44.4 Å². The number of aryl methyl sites for hydroxylation is 2. The van der Waals surface area contributed by atoms with Crippen LogP contribution < -0.4 is 0 Å². The highest BCUT2D eigenvalue weighted by atomic mass is 32.1. The highest BCUT2D eigenvalue weighted by Crippen LogP contribution is 2.19. The summed E-state index contributed by atoms with van der Waals surface area (Å²) < 4.78 is 2.28. The van der Waals surface area contributed by atoms with Crippen molar-refractivity contribution in [1.29, 1.82) is 0 Å². The fourth-order valence-electron chi connectivity index (χ4n) is 1.97. The SMILES string of the molecule is Cc1cccc(-c2nc(=S)cc(-c3cnn(C)c3)[nH]2)n1. The Morgan fingerprint density at radius 3 is 2.80 bits per heavy atom. The van der Waals surface area contributed by atoms with Gasteiger partial charge in [-0.05, 0) is 25.1 Å². The molecule has 0 bridgehead atoms. The lowest BCUT2D eigenvalue weighted by molar-refractivity contribution is 0.768. The molecule has 6 heteroatoms. The smallest absolute Gasteiger partial charge is 0.158 e. The summed E-state index contributed by atoms with van der Waals surface area (Å²) in [7, 11) is 1.88. The number of rotatable bonds is 2. The van der Waals surface area contributed by atoms with Crippen molar-refractivity contribution < 1.29 is 0 Å². The lowest BCUT2D eigenvalue weighted by atomic mass is 10.2. The maximum atomic E-state index is 5.24. The molecular weight excluding hydrogens is 270 g/mol. The normalized spacial score (nSPS) is 10.7. The molecule has 0 fully saturated rings. The molecule has 5 nitrogen and oxygen atoms in total. The minimum absolute atomic E-state index is 0.529. The van der Waals surface area contributed by atoms with Gasteiger partial charge in [-0.15, -0.1) is 0 Å². The van der Waals surface area contributed by atoms with E-state index in [1.54, 1.807) is 10.9 Å². The van der Waals surface area contributed by atoms with Crippen LogP contribution in [-0.2, 0) is 7.05 Å². The molecule has 3 aromatic heterocycles. The van der Waals surface area contributed by atoms with Gasteiger partial charge < -0.3 is 4.98 Å². The van der Waals surface area contributed by atoms with Crippen LogP contribution in [0, 0.1) is 11.6 Å². The molecule has 0 aliphatic carbocycles. The van der Waals surface area contributed by atoms with Crippen LogP contribution in [0.1, 0.15) is 5.69 Å². The number of pyridine rings is 1. The first-order valence-corrected chi connectivity index (χ1v) is 6.57. The zero-order chi connectivity index (χ0) is 14.1. The Kier molecular flexibility index (Phi) is 3.15. The number of aromatic nitrogens is 5. The molecule has 0 saturated carbocycles. The molecule has 0 radical (unpaired) electrons. The quantitative estimate of drug-likeness (QED) is 0.735. The maximum Gasteiger partial charge on any atom is 0.158 e. The fourth-order valence-corrected chi connectivity index (χ4v) is 2.18. The van der Waals surface area contributed by atoms with Crippen LogP contribution in [0.3, 0.4) is 0 Å². The van der Waals surface area contributed by atoms with Crippen LogP contribution in [0.25, 0.3) is 22.8 Å². The number of hydrogen-bond acceptors (Lipinski definition) is 4. The van der Waals surface area contributed by atoms with Crippen LogP contribution in [0.2, 0.25) is 0 Å². The van der Waals surface area contributed by atoms with Crippen molar-refractivity contribution in [3.63, 3.8) is 0 Å². The Hall–Kier alpha value is -2.34. The molecule has 0 aliphatic heterocycles. The van der Waals surface area contributed by atoms with Gasteiger partial charge in [0.1, 0.15) is 10.3 Å². The van der Waals surface area contributed by atoms with Crippen LogP contribution in [-0.4, -0.2) is 24.7 Å². The highest BCUT2D eigenvalue weighted by Gasteiger charge is 2.07. The minimum atomic E-state index is 0.529. The number of H-pyrrole nitrogens is 1. The standard InChI is InChI=1S/C14H13N5S/c1-9-4-3-5-11(16-9)14-17-12(6-13(20)18-14)10-7-15-19(2)8-10/h3-8H,1-2H3,(H,17,18,20). The predicted molar refractivity (Wildman–Crippen MR) is 79.6 cm³/mol. The van der Waals surface area contributed by atoms with Crippen molar-refractivity contribution in [2.75, 3.05) is 0 Å². The molecule has 0 atom stereocenters. The van der Waals surface area contributed by atoms with Crippen LogP contribution in [0.15, 0.2) is 36.7 Å². The molecule has 0 aromatic carbocycles. The van der Waals surface area contributed by atoms with Crippen molar-refractivity contribution in [2.45, 2.75) is 6.92 Å². The number of nitrogens with zero attached hydrogens (tertiary/aromatic N) is 4. The van der Waals surface area contributed by atoms with E-state index in [2.05, 4.69) is 20.1 Å². The second kappa shape index (κ2) is 4.97. The molecule has 0 unspecified atom stereocenters. The largest absolute Gasteiger partial charge is 0.338 e. The second-order valence-electron chi connectivity index (χ2n) is 4.55. The molecule has 0 amide bonds. The van der Waals surface area contributed by atoms with E-state index in [1.165, 1.54) is 0 Å².